The lowest BCUT2D eigenvalue weighted by atomic mass is 10.1. The van der Waals surface area contributed by atoms with E-state index in [4.69, 9.17) is 18.6 Å². The van der Waals surface area contributed by atoms with Crippen LogP contribution in [0.5, 0.6) is 11.5 Å². The monoisotopic (exact) mass is 695 g/mol. The Kier molecular flexibility index (Phi) is 11.7. The summed E-state index contributed by atoms with van der Waals surface area (Å²) in [6, 6.07) is 33.2. The van der Waals surface area contributed by atoms with E-state index in [1.165, 1.54) is 4.90 Å². The zero-order chi connectivity index (χ0) is 35.9. The predicted molar refractivity (Wildman–Crippen MR) is 198 cm³/mol. The lowest BCUT2D eigenvalue weighted by Gasteiger charge is -2.44. The second-order valence-corrected chi connectivity index (χ2v) is 18.3. The number of carbonyl (C=O) groups is 2. The first-order valence-electron chi connectivity index (χ1n) is 17.4. The fourth-order valence-electron chi connectivity index (χ4n) is 6.70. The zero-order valence-electron chi connectivity index (χ0n) is 29.9. The van der Waals surface area contributed by atoms with E-state index in [1.54, 1.807) is 6.07 Å². The summed E-state index contributed by atoms with van der Waals surface area (Å²) < 4.78 is 25.7. The fraction of sp³-hybridized carbons (Fsp3) is 0.366. The number of aryl methyl sites for hydroxylation is 1. The van der Waals surface area contributed by atoms with Gasteiger partial charge in [0, 0.05) is 6.54 Å². The maximum atomic E-state index is 13.7. The molecule has 5 rings (SSSR count). The van der Waals surface area contributed by atoms with E-state index in [2.05, 4.69) is 45.0 Å². The Morgan fingerprint density at radius 1 is 0.900 bits per heavy atom. The molecule has 0 aliphatic carbocycles. The van der Waals surface area contributed by atoms with E-state index in [0.717, 1.165) is 27.9 Å². The minimum atomic E-state index is -2.93. The standard InChI is InChI=1S/C41H49NO7Si/c1-7-30(3)48-37-24-29(2)23-36(38(37)39(43)47-27-31-17-11-8-12-18-31)46-28-32-25-33(26-42(32)40(44)45)49-50(41(4,5)6,34-19-13-9-14-20-34)35-21-15-10-16-22-35/h8-24,30,32-33H,7,25-28H2,1-6H3,(H,44,45)/t30?,32-,33-/m1/s1. The van der Waals surface area contributed by atoms with E-state index >= 15 is 0 Å². The maximum Gasteiger partial charge on any atom is 0.407 e. The summed E-state index contributed by atoms with van der Waals surface area (Å²) in [6.07, 6.45) is -0.387. The van der Waals surface area contributed by atoms with E-state index in [-0.39, 0.29) is 42.6 Å². The molecule has 1 N–H and O–H groups in total. The van der Waals surface area contributed by atoms with Gasteiger partial charge < -0.3 is 23.7 Å². The Labute approximate surface area is 297 Å². The highest BCUT2D eigenvalue weighted by molar-refractivity contribution is 6.99. The Balaban J connectivity index is 1.43. The van der Waals surface area contributed by atoms with E-state index in [1.807, 2.05) is 93.6 Å². The highest BCUT2D eigenvalue weighted by atomic mass is 28.4. The van der Waals surface area contributed by atoms with Gasteiger partial charge in [-0.2, -0.15) is 0 Å². The minimum Gasteiger partial charge on any atom is -0.490 e. The Morgan fingerprint density at radius 2 is 1.46 bits per heavy atom. The van der Waals surface area contributed by atoms with Crippen molar-refractivity contribution in [1.82, 2.24) is 4.90 Å². The second-order valence-electron chi connectivity index (χ2n) is 14.1. The molecule has 1 unspecified atom stereocenters. The van der Waals surface area contributed by atoms with Crippen LogP contribution in [0.15, 0.2) is 103 Å². The van der Waals surface area contributed by atoms with Gasteiger partial charge in [0.15, 0.2) is 0 Å². The first-order chi connectivity index (χ1) is 23.9. The lowest BCUT2D eigenvalue weighted by Crippen LogP contribution is -2.67. The van der Waals surface area contributed by atoms with Crippen molar-refractivity contribution >= 4 is 30.8 Å². The molecule has 1 aliphatic heterocycles. The van der Waals surface area contributed by atoms with Crippen molar-refractivity contribution in [3.05, 3.63) is 120 Å². The molecule has 0 spiro atoms. The van der Waals surface area contributed by atoms with E-state index in [0.29, 0.717) is 17.9 Å². The van der Waals surface area contributed by atoms with Crippen molar-refractivity contribution < 1.29 is 33.3 Å². The number of esters is 1. The van der Waals surface area contributed by atoms with Crippen molar-refractivity contribution in [3.8, 4) is 11.5 Å². The topological polar surface area (TPSA) is 94.5 Å². The van der Waals surface area contributed by atoms with Gasteiger partial charge in [0.05, 0.1) is 18.2 Å². The molecule has 1 aliphatic rings. The van der Waals surface area contributed by atoms with Crippen LogP contribution in [0.3, 0.4) is 0 Å². The summed E-state index contributed by atoms with van der Waals surface area (Å²) in [6.45, 7) is 12.8. The van der Waals surface area contributed by atoms with Crippen LogP contribution in [0.25, 0.3) is 0 Å². The van der Waals surface area contributed by atoms with Gasteiger partial charge in [0.2, 0.25) is 0 Å². The average molecular weight is 696 g/mol. The maximum absolute atomic E-state index is 13.7. The van der Waals surface area contributed by atoms with Gasteiger partial charge >= 0.3 is 12.1 Å². The quantitative estimate of drug-likeness (QED) is 0.114. The van der Waals surface area contributed by atoms with Gasteiger partial charge in [0.25, 0.3) is 8.32 Å². The number of carbonyl (C=O) groups excluding carboxylic acids is 1. The summed E-state index contributed by atoms with van der Waals surface area (Å²) in [7, 11) is -2.93. The van der Waals surface area contributed by atoms with Crippen molar-refractivity contribution in [2.24, 2.45) is 0 Å². The van der Waals surface area contributed by atoms with Crippen LogP contribution < -0.4 is 19.8 Å². The van der Waals surface area contributed by atoms with Gasteiger partial charge in [-0.15, -0.1) is 0 Å². The number of ether oxygens (including phenoxy) is 3. The second kappa shape index (κ2) is 16.0. The predicted octanol–water partition coefficient (Wildman–Crippen LogP) is 7.61. The van der Waals surface area contributed by atoms with Gasteiger partial charge in [-0.25, -0.2) is 9.59 Å². The molecule has 0 saturated carbocycles. The molecule has 264 valence electrons. The average Bonchev–Trinajstić information content (AvgIpc) is 3.52. The summed E-state index contributed by atoms with van der Waals surface area (Å²) in [5, 5.41) is 12.4. The van der Waals surface area contributed by atoms with Crippen LogP contribution in [0.4, 0.5) is 4.79 Å². The molecular formula is C41H49NO7Si. The summed E-state index contributed by atoms with van der Waals surface area (Å²) in [5.41, 5.74) is 1.88. The molecule has 0 bridgehead atoms. The van der Waals surface area contributed by atoms with Crippen molar-refractivity contribution in [1.29, 1.82) is 0 Å². The molecule has 0 aromatic heterocycles. The number of amides is 1. The van der Waals surface area contributed by atoms with Crippen LogP contribution in [-0.4, -0.2) is 61.8 Å². The first kappa shape index (κ1) is 36.7. The number of likely N-dealkylation sites (tertiary alicyclic amines) is 1. The van der Waals surface area contributed by atoms with Gasteiger partial charge in [-0.3, -0.25) is 4.90 Å². The summed E-state index contributed by atoms with van der Waals surface area (Å²) in [5.74, 6) is 0.0986. The summed E-state index contributed by atoms with van der Waals surface area (Å²) >= 11 is 0. The third-order valence-corrected chi connectivity index (χ3v) is 14.4. The Bertz CT molecular complexity index is 1690. The molecule has 1 amide bonds. The number of carboxylic acid groups (broad SMARTS) is 1. The van der Waals surface area contributed by atoms with Crippen molar-refractivity contribution in [3.63, 3.8) is 0 Å². The molecule has 4 aromatic rings. The molecule has 3 atom stereocenters. The number of hydrogen-bond donors (Lipinski definition) is 1. The van der Waals surface area contributed by atoms with E-state index in [9.17, 15) is 14.7 Å². The molecule has 1 saturated heterocycles. The number of hydrogen-bond acceptors (Lipinski definition) is 6. The third-order valence-electron chi connectivity index (χ3n) is 9.34. The molecule has 8 nitrogen and oxygen atoms in total. The normalized spacial score (nSPS) is 16.9. The van der Waals surface area contributed by atoms with Gasteiger partial charge in [-0.05, 0) is 65.4 Å². The molecule has 9 heteroatoms. The molecule has 1 heterocycles. The molecular weight excluding hydrogens is 647 g/mol. The highest BCUT2D eigenvalue weighted by Gasteiger charge is 2.53. The fourth-order valence-corrected chi connectivity index (χ4v) is 11.4. The molecule has 0 radical (unpaired) electrons. The third kappa shape index (κ3) is 8.22. The summed E-state index contributed by atoms with van der Waals surface area (Å²) in [4.78, 5) is 27.7. The van der Waals surface area contributed by atoms with Crippen LogP contribution in [0, 0.1) is 6.92 Å². The smallest absolute Gasteiger partial charge is 0.407 e. The highest BCUT2D eigenvalue weighted by Crippen LogP contribution is 2.39. The van der Waals surface area contributed by atoms with Crippen LogP contribution in [0.1, 0.15) is 68.9 Å². The number of nitrogens with zero attached hydrogens (tertiary/aromatic N) is 1. The molecule has 1 fully saturated rings. The van der Waals surface area contributed by atoms with Crippen LogP contribution >= 0.6 is 0 Å². The van der Waals surface area contributed by atoms with Crippen molar-refractivity contribution in [2.45, 2.75) is 84.3 Å². The van der Waals surface area contributed by atoms with Crippen LogP contribution in [-0.2, 0) is 15.8 Å². The Morgan fingerprint density at radius 3 is 2.00 bits per heavy atom. The van der Waals surface area contributed by atoms with Crippen molar-refractivity contribution in [2.75, 3.05) is 13.2 Å². The number of benzene rings is 4. The largest absolute Gasteiger partial charge is 0.490 e. The van der Waals surface area contributed by atoms with E-state index < -0.39 is 26.4 Å². The van der Waals surface area contributed by atoms with Crippen LogP contribution in [0.2, 0.25) is 5.04 Å². The SMILES string of the molecule is CCC(C)Oc1cc(C)cc(OC[C@H]2C[C@@H](O[Si](c3ccccc3)(c3ccccc3)C(C)(C)C)CN2C(=O)O)c1C(=O)OCc1ccccc1. The van der Waals surface area contributed by atoms with Gasteiger partial charge in [0.1, 0.15) is 30.3 Å². The molecule has 50 heavy (non-hydrogen) atoms. The Hall–Kier alpha value is -4.60. The molecule has 4 aromatic carbocycles. The lowest BCUT2D eigenvalue weighted by molar-refractivity contribution is 0.0458. The number of rotatable bonds is 13. The minimum absolute atomic E-state index is 0.0259. The zero-order valence-corrected chi connectivity index (χ0v) is 30.9. The van der Waals surface area contributed by atoms with Gasteiger partial charge in [-0.1, -0.05) is 119 Å². The first-order valence-corrected chi connectivity index (χ1v) is 19.3.